The molecule has 0 aliphatic carbocycles. The van der Waals surface area contributed by atoms with Crippen LogP contribution in [0.1, 0.15) is 44.7 Å². The fourth-order valence-corrected chi connectivity index (χ4v) is 6.18. The normalized spacial score (nSPS) is 12.9. The largest absolute Gasteiger partial charge is 0.352 e. The standard InChI is InChI=1S/C30H34Cl3N3O4S/c1-5-21(4)34-30(38)28(6-2)35(18-22-9-10-24(32)17-27(22)33)29(37)19-36(25-13-7-20(3)8-14-25)41(39,40)26-15-11-23(31)12-16-26/h7-17,21,28H,5-6,18-19H2,1-4H3,(H,34,38)/t21-,28+/m0/s1. The topological polar surface area (TPSA) is 86.8 Å². The molecular weight excluding hydrogens is 605 g/mol. The van der Waals surface area contributed by atoms with E-state index in [-0.39, 0.29) is 23.4 Å². The Morgan fingerprint density at radius 2 is 1.49 bits per heavy atom. The van der Waals surface area contributed by atoms with Gasteiger partial charge in [-0.25, -0.2) is 8.42 Å². The highest BCUT2D eigenvalue weighted by molar-refractivity contribution is 7.92. The number of aryl methyl sites for hydroxylation is 1. The van der Waals surface area contributed by atoms with Gasteiger partial charge >= 0.3 is 0 Å². The minimum atomic E-state index is -4.19. The molecule has 2 atom stereocenters. The number of amides is 2. The molecule has 0 bridgehead atoms. The molecule has 11 heteroatoms. The molecule has 220 valence electrons. The van der Waals surface area contributed by atoms with Crippen LogP contribution in [0.5, 0.6) is 0 Å². The van der Waals surface area contributed by atoms with Crippen LogP contribution in [-0.2, 0) is 26.2 Å². The molecule has 2 amide bonds. The highest BCUT2D eigenvalue weighted by atomic mass is 35.5. The van der Waals surface area contributed by atoms with Gasteiger partial charge in [0.05, 0.1) is 10.6 Å². The molecule has 1 N–H and O–H groups in total. The number of nitrogens with one attached hydrogen (secondary N) is 1. The second-order valence-corrected chi connectivity index (χ2v) is 12.9. The summed E-state index contributed by atoms with van der Waals surface area (Å²) in [4.78, 5) is 28.8. The van der Waals surface area contributed by atoms with Crippen LogP contribution in [0, 0.1) is 6.92 Å². The first-order valence-electron chi connectivity index (χ1n) is 13.3. The fourth-order valence-electron chi connectivity index (χ4n) is 4.17. The molecule has 0 radical (unpaired) electrons. The summed E-state index contributed by atoms with van der Waals surface area (Å²) in [6, 6.07) is 16.5. The maximum Gasteiger partial charge on any atom is 0.264 e. The van der Waals surface area contributed by atoms with Crippen molar-refractivity contribution < 1.29 is 18.0 Å². The number of anilines is 1. The number of nitrogens with zero attached hydrogens (tertiary/aromatic N) is 2. The molecule has 0 spiro atoms. The second kappa shape index (κ2) is 14.4. The number of benzene rings is 3. The van der Waals surface area contributed by atoms with E-state index in [0.717, 1.165) is 9.87 Å². The lowest BCUT2D eigenvalue weighted by Gasteiger charge is -2.34. The Labute approximate surface area is 257 Å². The zero-order valence-electron chi connectivity index (χ0n) is 23.4. The van der Waals surface area contributed by atoms with E-state index in [1.165, 1.54) is 29.2 Å². The number of rotatable bonds is 12. The van der Waals surface area contributed by atoms with Gasteiger partial charge in [0.2, 0.25) is 11.8 Å². The Hall–Kier alpha value is -2.78. The van der Waals surface area contributed by atoms with E-state index >= 15 is 0 Å². The molecular formula is C30H34Cl3N3O4S. The summed E-state index contributed by atoms with van der Waals surface area (Å²) in [6.45, 7) is 6.93. The van der Waals surface area contributed by atoms with Crippen molar-refractivity contribution in [2.45, 2.75) is 64.1 Å². The number of hydrogen-bond donors (Lipinski definition) is 1. The SMILES string of the molecule is CC[C@H](C(=O)N[C@@H](C)CC)N(Cc1ccc(Cl)cc1Cl)C(=O)CN(c1ccc(C)cc1)S(=O)(=O)c1ccc(Cl)cc1. The maximum absolute atomic E-state index is 14.1. The van der Waals surface area contributed by atoms with E-state index in [2.05, 4.69) is 5.32 Å². The molecule has 0 aromatic heterocycles. The van der Waals surface area contributed by atoms with Crippen molar-refractivity contribution in [2.75, 3.05) is 10.8 Å². The minimum Gasteiger partial charge on any atom is -0.352 e. The molecule has 0 unspecified atom stereocenters. The fraction of sp³-hybridized carbons (Fsp3) is 0.333. The van der Waals surface area contributed by atoms with Crippen molar-refractivity contribution in [1.82, 2.24) is 10.2 Å². The molecule has 0 aliphatic rings. The zero-order valence-corrected chi connectivity index (χ0v) is 26.5. The van der Waals surface area contributed by atoms with Gasteiger partial charge in [0.1, 0.15) is 12.6 Å². The van der Waals surface area contributed by atoms with E-state index in [9.17, 15) is 18.0 Å². The molecule has 7 nitrogen and oxygen atoms in total. The van der Waals surface area contributed by atoms with E-state index in [1.54, 1.807) is 49.4 Å². The Bertz CT molecular complexity index is 1470. The van der Waals surface area contributed by atoms with Crippen LogP contribution in [0.2, 0.25) is 15.1 Å². The first kappa shape index (κ1) is 32.7. The summed E-state index contributed by atoms with van der Waals surface area (Å²) in [5.74, 6) is -0.900. The highest BCUT2D eigenvalue weighted by Gasteiger charge is 2.34. The highest BCUT2D eigenvalue weighted by Crippen LogP contribution is 2.27. The quantitative estimate of drug-likeness (QED) is 0.235. The lowest BCUT2D eigenvalue weighted by atomic mass is 10.1. The van der Waals surface area contributed by atoms with Crippen molar-refractivity contribution in [2.24, 2.45) is 0 Å². The smallest absolute Gasteiger partial charge is 0.264 e. The average Bonchev–Trinajstić information content (AvgIpc) is 2.93. The monoisotopic (exact) mass is 637 g/mol. The average molecular weight is 639 g/mol. The molecule has 41 heavy (non-hydrogen) atoms. The van der Waals surface area contributed by atoms with Gasteiger partial charge in [-0.3, -0.25) is 13.9 Å². The number of carbonyl (C=O) groups is 2. The second-order valence-electron chi connectivity index (χ2n) is 9.80. The van der Waals surface area contributed by atoms with E-state index in [0.29, 0.717) is 39.2 Å². The third-order valence-corrected chi connectivity index (χ3v) is 9.37. The van der Waals surface area contributed by atoms with Crippen LogP contribution >= 0.6 is 34.8 Å². The zero-order chi connectivity index (χ0) is 30.3. The van der Waals surface area contributed by atoms with Crippen LogP contribution < -0.4 is 9.62 Å². The van der Waals surface area contributed by atoms with E-state index in [4.69, 9.17) is 34.8 Å². The van der Waals surface area contributed by atoms with Gasteiger partial charge in [0.15, 0.2) is 0 Å². The van der Waals surface area contributed by atoms with Crippen molar-refractivity contribution >= 4 is 62.3 Å². The molecule has 3 rings (SSSR count). The predicted octanol–water partition coefficient (Wildman–Crippen LogP) is 6.87. The molecule has 3 aromatic carbocycles. The lowest BCUT2D eigenvalue weighted by molar-refractivity contribution is -0.140. The van der Waals surface area contributed by atoms with Crippen LogP contribution in [0.25, 0.3) is 0 Å². The van der Waals surface area contributed by atoms with Gasteiger partial charge in [-0.2, -0.15) is 0 Å². The molecule has 3 aromatic rings. The number of carbonyl (C=O) groups excluding carboxylic acids is 2. The Balaban J connectivity index is 2.08. The van der Waals surface area contributed by atoms with Crippen molar-refractivity contribution in [3.8, 4) is 0 Å². The predicted molar refractivity (Wildman–Crippen MR) is 166 cm³/mol. The Morgan fingerprint density at radius 1 is 0.878 bits per heavy atom. The summed E-state index contributed by atoms with van der Waals surface area (Å²) in [7, 11) is -4.19. The minimum absolute atomic E-state index is 0.0238. The number of halogens is 3. The summed E-state index contributed by atoms with van der Waals surface area (Å²) >= 11 is 18.5. The van der Waals surface area contributed by atoms with Crippen molar-refractivity contribution in [3.63, 3.8) is 0 Å². The van der Waals surface area contributed by atoms with Crippen molar-refractivity contribution in [1.29, 1.82) is 0 Å². The maximum atomic E-state index is 14.1. The summed E-state index contributed by atoms with van der Waals surface area (Å²) in [6.07, 6.45) is 1.01. The Kier molecular flexibility index (Phi) is 11.5. The van der Waals surface area contributed by atoms with Gasteiger partial charge in [-0.1, -0.05) is 72.4 Å². The van der Waals surface area contributed by atoms with E-state index in [1.807, 2.05) is 20.8 Å². The first-order valence-corrected chi connectivity index (χ1v) is 15.8. The third kappa shape index (κ3) is 8.38. The lowest BCUT2D eigenvalue weighted by Crippen LogP contribution is -2.53. The van der Waals surface area contributed by atoms with Crippen LogP contribution in [0.15, 0.2) is 71.6 Å². The van der Waals surface area contributed by atoms with Crippen LogP contribution in [-0.4, -0.2) is 43.8 Å². The molecule has 0 saturated heterocycles. The van der Waals surface area contributed by atoms with Crippen LogP contribution in [0.3, 0.4) is 0 Å². The summed E-state index contributed by atoms with van der Waals surface area (Å²) in [5, 5.41) is 4.09. The van der Waals surface area contributed by atoms with Gasteiger partial charge in [-0.05, 0) is 80.8 Å². The van der Waals surface area contributed by atoms with Gasteiger partial charge < -0.3 is 10.2 Å². The molecule has 0 saturated carbocycles. The van der Waals surface area contributed by atoms with Gasteiger partial charge in [-0.15, -0.1) is 0 Å². The molecule has 0 aliphatic heterocycles. The molecule has 0 heterocycles. The number of sulfonamides is 1. The Morgan fingerprint density at radius 3 is 2.05 bits per heavy atom. The van der Waals surface area contributed by atoms with Crippen LogP contribution in [0.4, 0.5) is 5.69 Å². The first-order chi connectivity index (χ1) is 19.4. The van der Waals surface area contributed by atoms with E-state index < -0.39 is 28.5 Å². The number of hydrogen-bond acceptors (Lipinski definition) is 4. The van der Waals surface area contributed by atoms with Gasteiger partial charge in [0.25, 0.3) is 10.0 Å². The summed E-state index contributed by atoms with van der Waals surface area (Å²) in [5.41, 5.74) is 1.80. The third-order valence-electron chi connectivity index (χ3n) is 6.75. The van der Waals surface area contributed by atoms with Crippen molar-refractivity contribution in [3.05, 3.63) is 92.9 Å². The summed E-state index contributed by atoms with van der Waals surface area (Å²) < 4.78 is 28.8. The van der Waals surface area contributed by atoms with Gasteiger partial charge in [0, 0.05) is 27.7 Å². The molecule has 0 fully saturated rings.